The topological polar surface area (TPSA) is 62.4 Å². The minimum atomic E-state index is -4.41. The molecular weight excluding hydrogens is 323 g/mol. The number of likely N-dealkylation sites (tertiary alicyclic amines) is 1. The molecule has 3 rings (SSSR count). The molecule has 1 aromatic heterocycles. The van der Waals surface area contributed by atoms with E-state index >= 15 is 0 Å². The summed E-state index contributed by atoms with van der Waals surface area (Å²) >= 11 is 0. The Bertz CT molecular complexity index is 687. The van der Waals surface area contributed by atoms with Gasteiger partial charge in [-0.25, -0.2) is 0 Å². The molecule has 24 heavy (non-hydrogen) atoms. The normalized spacial score (nSPS) is 19.6. The Hall–Kier alpha value is -1.93. The number of aromatic nitrogens is 2. The van der Waals surface area contributed by atoms with Gasteiger partial charge in [0.15, 0.2) is 0 Å². The standard InChI is InChI=1S/C16H18F3N3O2/c17-16(18,19)12-5-3-4-11(8-12)15-20-14(24-21-15)9-22-7-2-1-6-13(22)10-23/h3-5,8,13,23H,1-2,6-7,9-10H2/t13-/m1/s1. The summed E-state index contributed by atoms with van der Waals surface area (Å²) in [6, 6.07) is 4.90. The fraction of sp³-hybridized carbons (Fsp3) is 0.500. The molecule has 1 aromatic carbocycles. The first-order chi connectivity index (χ1) is 11.5. The highest BCUT2D eigenvalue weighted by Gasteiger charge is 2.31. The molecule has 1 aliphatic rings. The van der Waals surface area contributed by atoms with Gasteiger partial charge in [0, 0.05) is 11.6 Å². The van der Waals surface area contributed by atoms with Crippen molar-refractivity contribution in [1.82, 2.24) is 15.0 Å². The van der Waals surface area contributed by atoms with Crippen LogP contribution in [0.3, 0.4) is 0 Å². The highest BCUT2D eigenvalue weighted by molar-refractivity contribution is 5.55. The predicted octanol–water partition coefficient (Wildman–Crippen LogP) is 3.10. The molecule has 0 saturated carbocycles. The van der Waals surface area contributed by atoms with Crippen molar-refractivity contribution < 1.29 is 22.8 Å². The average Bonchev–Trinajstić information content (AvgIpc) is 3.03. The van der Waals surface area contributed by atoms with E-state index in [0.717, 1.165) is 37.9 Å². The van der Waals surface area contributed by atoms with Crippen LogP contribution in [0.5, 0.6) is 0 Å². The molecule has 1 N–H and O–H groups in total. The van der Waals surface area contributed by atoms with E-state index in [0.29, 0.717) is 12.4 Å². The quantitative estimate of drug-likeness (QED) is 0.926. The fourth-order valence-electron chi connectivity index (χ4n) is 2.92. The van der Waals surface area contributed by atoms with E-state index in [2.05, 4.69) is 15.0 Å². The van der Waals surface area contributed by atoms with E-state index < -0.39 is 11.7 Å². The van der Waals surface area contributed by atoms with Gasteiger partial charge in [-0.15, -0.1) is 0 Å². The van der Waals surface area contributed by atoms with Crippen LogP contribution in [0.2, 0.25) is 0 Å². The molecule has 1 saturated heterocycles. The molecule has 2 aromatic rings. The van der Waals surface area contributed by atoms with Gasteiger partial charge in [-0.1, -0.05) is 23.7 Å². The number of aliphatic hydroxyl groups excluding tert-OH is 1. The van der Waals surface area contributed by atoms with Gasteiger partial charge in [0.2, 0.25) is 11.7 Å². The summed E-state index contributed by atoms with van der Waals surface area (Å²) in [6.45, 7) is 1.28. The average molecular weight is 341 g/mol. The van der Waals surface area contributed by atoms with Gasteiger partial charge in [0.25, 0.3) is 0 Å². The molecule has 0 amide bonds. The lowest BCUT2D eigenvalue weighted by Gasteiger charge is -2.33. The van der Waals surface area contributed by atoms with Crippen molar-refractivity contribution in [3.8, 4) is 11.4 Å². The second-order valence-electron chi connectivity index (χ2n) is 5.89. The Morgan fingerprint density at radius 1 is 1.29 bits per heavy atom. The van der Waals surface area contributed by atoms with Crippen molar-refractivity contribution in [3.05, 3.63) is 35.7 Å². The van der Waals surface area contributed by atoms with Crippen LogP contribution >= 0.6 is 0 Å². The van der Waals surface area contributed by atoms with Crippen LogP contribution in [0.1, 0.15) is 30.7 Å². The molecule has 2 heterocycles. The Morgan fingerprint density at radius 3 is 2.88 bits per heavy atom. The second kappa shape index (κ2) is 6.90. The molecule has 0 radical (unpaired) electrons. The molecule has 8 heteroatoms. The summed E-state index contributed by atoms with van der Waals surface area (Å²) in [7, 11) is 0. The third-order valence-electron chi connectivity index (χ3n) is 4.21. The van der Waals surface area contributed by atoms with E-state index in [9.17, 15) is 18.3 Å². The van der Waals surface area contributed by atoms with Gasteiger partial charge in [-0.3, -0.25) is 4.90 Å². The van der Waals surface area contributed by atoms with Crippen molar-refractivity contribution in [2.45, 2.75) is 38.0 Å². The summed E-state index contributed by atoms with van der Waals surface area (Å²) in [5.41, 5.74) is -0.486. The van der Waals surface area contributed by atoms with Crippen molar-refractivity contribution in [2.75, 3.05) is 13.2 Å². The Balaban J connectivity index is 1.76. The smallest absolute Gasteiger partial charge is 0.395 e. The van der Waals surface area contributed by atoms with Gasteiger partial charge in [0.1, 0.15) is 0 Å². The molecule has 1 aliphatic heterocycles. The number of piperidine rings is 1. The summed E-state index contributed by atoms with van der Waals surface area (Å²) in [5, 5.41) is 13.2. The fourth-order valence-corrected chi connectivity index (χ4v) is 2.92. The maximum Gasteiger partial charge on any atom is 0.416 e. The van der Waals surface area contributed by atoms with E-state index in [-0.39, 0.29) is 24.0 Å². The Kier molecular flexibility index (Phi) is 4.86. The minimum absolute atomic E-state index is 0.0580. The summed E-state index contributed by atoms with van der Waals surface area (Å²) < 4.78 is 43.5. The molecule has 0 spiro atoms. The Morgan fingerprint density at radius 2 is 2.12 bits per heavy atom. The molecule has 1 atom stereocenters. The first-order valence-electron chi connectivity index (χ1n) is 7.82. The van der Waals surface area contributed by atoms with Crippen molar-refractivity contribution >= 4 is 0 Å². The monoisotopic (exact) mass is 341 g/mol. The zero-order chi connectivity index (χ0) is 17.2. The predicted molar refractivity (Wildman–Crippen MR) is 79.9 cm³/mol. The van der Waals surface area contributed by atoms with Gasteiger partial charge in [-0.2, -0.15) is 18.2 Å². The lowest BCUT2D eigenvalue weighted by Crippen LogP contribution is -2.41. The Labute approximate surface area is 137 Å². The van der Waals surface area contributed by atoms with Gasteiger partial charge in [-0.05, 0) is 31.5 Å². The molecular formula is C16H18F3N3O2. The van der Waals surface area contributed by atoms with Gasteiger partial charge in [0.05, 0.1) is 18.7 Å². The van der Waals surface area contributed by atoms with Crippen molar-refractivity contribution in [2.24, 2.45) is 0 Å². The largest absolute Gasteiger partial charge is 0.416 e. The zero-order valence-corrected chi connectivity index (χ0v) is 13.0. The van der Waals surface area contributed by atoms with Gasteiger partial charge < -0.3 is 9.63 Å². The maximum atomic E-state index is 12.8. The molecule has 0 aliphatic carbocycles. The van der Waals surface area contributed by atoms with Crippen LogP contribution in [0, 0.1) is 0 Å². The first-order valence-corrected chi connectivity index (χ1v) is 7.82. The maximum absolute atomic E-state index is 12.8. The van der Waals surface area contributed by atoms with Gasteiger partial charge >= 0.3 is 6.18 Å². The molecule has 5 nitrogen and oxygen atoms in total. The third kappa shape index (κ3) is 3.76. The number of benzene rings is 1. The van der Waals surface area contributed by atoms with Crippen LogP contribution in [-0.4, -0.2) is 39.3 Å². The second-order valence-corrected chi connectivity index (χ2v) is 5.89. The third-order valence-corrected chi connectivity index (χ3v) is 4.21. The van der Waals surface area contributed by atoms with Crippen LogP contribution in [0.4, 0.5) is 13.2 Å². The number of nitrogens with zero attached hydrogens (tertiary/aromatic N) is 3. The first kappa shape index (κ1) is 16.9. The summed E-state index contributed by atoms with van der Waals surface area (Å²) in [5.74, 6) is 0.469. The van der Waals surface area contributed by atoms with Crippen LogP contribution in [-0.2, 0) is 12.7 Å². The SMILES string of the molecule is OC[C@H]1CCCCN1Cc1nc(-c2cccc(C(F)(F)F)c2)no1. The zero-order valence-electron chi connectivity index (χ0n) is 13.0. The van der Waals surface area contributed by atoms with E-state index in [1.54, 1.807) is 0 Å². The minimum Gasteiger partial charge on any atom is -0.395 e. The molecule has 0 unspecified atom stereocenters. The molecule has 0 bridgehead atoms. The van der Waals surface area contributed by atoms with Crippen LogP contribution in [0.25, 0.3) is 11.4 Å². The molecule has 1 fully saturated rings. The molecule has 130 valence electrons. The number of hydrogen-bond acceptors (Lipinski definition) is 5. The number of hydrogen-bond donors (Lipinski definition) is 1. The van der Waals surface area contributed by atoms with E-state index in [4.69, 9.17) is 4.52 Å². The van der Waals surface area contributed by atoms with Crippen LogP contribution < -0.4 is 0 Å². The lowest BCUT2D eigenvalue weighted by atomic mass is 10.0. The van der Waals surface area contributed by atoms with E-state index in [1.165, 1.54) is 12.1 Å². The van der Waals surface area contributed by atoms with Crippen LogP contribution in [0.15, 0.2) is 28.8 Å². The van der Waals surface area contributed by atoms with Crippen molar-refractivity contribution in [1.29, 1.82) is 0 Å². The lowest BCUT2D eigenvalue weighted by molar-refractivity contribution is -0.137. The summed E-state index contributed by atoms with van der Waals surface area (Å²) in [4.78, 5) is 6.26. The summed E-state index contributed by atoms with van der Waals surface area (Å²) in [6.07, 6.45) is -1.40. The number of halogens is 3. The number of aliphatic hydroxyl groups is 1. The highest BCUT2D eigenvalue weighted by atomic mass is 19.4. The van der Waals surface area contributed by atoms with E-state index in [1.807, 2.05) is 0 Å². The number of alkyl halides is 3. The van der Waals surface area contributed by atoms with Crippen molar-refractivity contribution in [3.63, 3.8) is 0 Å². The highest BCUT2D eigenvalue weighted by Crippen LogP contribution is 2.31. The number of rotatable bonds is 4.